The zero-order valence-electron chi connectivity index (χ0n) is 9.67. The van der Waals surface area contributed by atoms with Gasteiger partial charge in [0.25, 0.3) is 0 Å². The number of hydrogen-bond acceptors (Lipinski definition) is 2. The van der Waals surface area contributed by atoms with E-state index in [1.807, 2.05) is 18.2 Å². The van der Waals surface area contributed by atoms with Gasteiger partial charge < -0.3 is 9.79 Å². The van der Waals surface area contributed by atoms with Crippen LogP contribution in [-0.4, -0.2) is 9.79 Å². The molecule has 1 aromatic carbocycles. The van der Waals surface area contributed by atoms with Crippen molar-refractivity contribution in [2.45, 2.75) is 32.8 Å². The second-order valence-corrected chi connectivity index (χ2v) is 5.95. The molecule has 0 fully saturated rings. The van der Waals surface area contributed by atoms with E-state index in [9.17, 15) is 4.57 Å². The molecule has 2 N–H and O–H groups in total. The molecule has 5 heteroatoms. The van der Waals surface area contributed by atoms with Crippen molar-refractivity contribution in [1.82, 2.24) is 0 Å². The zero-order chi connectivity index (χ0) is 12.4. The van der Waals surface area contributed by atoms with E-state index in [1.165, 1.54) is 0 Å². The number of benzene rings is 1. The van der Waals surface area contributed by atoms with E-state index >= 15 is 0 Å². The maximum absolute atomic E-state index is 10.6. The second kappa shape index (κ2) is 4.68. The van der Waals surface area contributed by atoms with Crippen LogP contribution in [0.25, 0.3) is 0 Å². The molecular weight excluding hydrogens is 227 g/mol. The Morgan fingerprint density at radius 3 is 2.44 bits per heavy atom. The Bertz CT molecular complexity index is 403. The lowest BCUT2D eigenvalue weighted by Gasteiger charge is -2.19. The molecular formula is C11H17O4P. The molecule has 0 bridgehead atoms. The Hall–Kier alpha value is -0.670. The molecule has 1 aromatic rings. The third-order valence-electron chi connectivity index (χ3n) is 2.19. The molecule has 0 saturated carbocycles. The van der Waals surface area contributed by atoms with Crippen LogP contribution in [0.4, 0.5) is 0 Å². The standard InChI is InChI=1S/C11H17O4P/c1-11(2,3)10-6-4-5-9(7-10)8-15-16(12,13)14/h4-7H,8H2,1-3H3,(H2,12,13,14). The van der Waals surface area contributed by atoms with Crippen LogP contribution in [0.5, 0.6) is 0 Å². The highest BCUT2D eigenvalue weighted by Crippen LogP contribution is 2.37. The van der Waals surface area contributed by atoms with Gasteiger partial charge in [0.1, 0.15) is 0 Å². The summed E-state index contributed by atoms with van der Waals surface area (Å²) in [5.41, 5.74) is 1.88. The van der Waals surface area contributed by atoms with Crippen LogP contribution in [0.15, 0.2) is 24.3 Å². The van der Waals surface area contributed by atoms with Gasteiger partial charge in [-0.25, -0.2) is 4.57 Å². The number of rotatable bonds is 3. The Balaban J connectivity index is 2.80. The fraction of sp³-hybridized carbons (Fsp3) is 0.455. The average molecular weight is 244 g/mol. The molecule has 0 aliphatic rings. The van der Waals surface area contributed by atoms with Crippen molar-refractivity contribution in [2.24, 2.45) is 0 Å². The van der Waals surface area contributed by atoms with E-state index in [-0.39, 0.29) is 12.0 Å². The normalized spacial score (nSPS) is 12.8. The van der Waals surface area contributed by atoms with E-state index in [4.69, 9.17) is 9.79 Å². The summed E-state index contributed by atoms with van der Waals surface area (Å²) in [4.78, 5) is 17.2. The molecule has 16 heavy (non-hydrogen) atoms. The van der Waals surface area contributed by atoms with Crippen molar-refractivity contribution >= 4 is 7.82 Å². The molecule has 0 heterocycles. The predicted molar refractivity (Wildman–Crippen MR) is 62.0 cm³/mol. The van der Waals surface area contributed by atoms with Crippen molar-refractivity contribution in [3.63, 3.8) is 0 Å². The first kappa shape index (κ1) is 13.4. The van der Waals surface area contributed by atoms with Crippen LogP contribution >= 0.6 is 7.82 Å². The van der Waals surface area contributed by atoms with Crippen molar-refractivity contribution in [1.29, 1.82) is 0 Å². The molecule has 1 rings (SSSR count). The van der Waals surface area contributed by atoms with Crippen molar-refractivity contribution in [2.75, 3.05) is 0 Å². The zero-order valence-corrected chi connectivity index (χ0v) is 10.6. The minimum atomic E-state index is -4.39. The minimum Gasteiger partial charge on any atom is -0.303 e. The fourth-order valence-electron chi connectivity index (χ4n) is 1.29. The summed E-state index contributed by atoms with van der Waals surface area (Å²) in [6.07, 6.45) is 0. The Kier molecular flexibility index (Phi) is 3.92. The van der Waals surface area contributed by atoms with Gasteiger partial charge >= 0.3 is 7.82 Å². The first-order chi connectivity index (χ1) is 7.18. The molecule has 0 amide bonds. The highest BCUT2D eigenvalue weighted by atomic mass is 31.2. The van der Waals surface area contributed by atoms with E-state index < -0.39 is 7.82 Å². The van der Waals surface area contributed by atoms with Crippen LogP contribution in [-0.2, 0) is 21.1 Å². The fourth-order valence-corrected chi connectivity index (χ4v) is 1.60. The van der Waals surface area contributed by atoms with Gasteiger partial charge in [-0.3, -0.25) is 4.52 Å². The summed E-state index contributed by atoms with van der Waals surface area (Å²) < 4.78 is 15.0. The Morgan fingerprint density at radius 2 is 1.94 bits per heavy atom. The molecule has 0 aromatic heterocycles. The van der Waals surface area contributed by atoms with Crippen molar-refractivity contribution < 1.29 is 18.9 Å². The van der Waals surface area contributed by atoms with Crippen molar-refractivity contribution in [3.8, 4) is 0 Å². The molecule has 0 aliphatic carbocycles. The van der Waals surface area contributed by atoms with E-state index in [2.05, 4.69) is 25.3 Å². The first-order valence-corrected chi connectivity index (χ1v) is 6.51. The highest BCUT2D eigenvalue weighted by molar-refractivity contribution is 7.46. The monoisotopic (exact) mass is 244 g/mol. The first-order valence-electron chi connectivity index (χ1n) is 4.98. The molecule has 90 valence electrons. The lowest BCUT2D eigenvalue weighted by Crippen LogP contribution is -2.11. The second-order valence-electron chi connectivity index (χ2n) is 4.71. The minimum absolute atomic E-state index is 0.0120. The van der Waals surface area contributed by atoms with Crippen molar-refractivity contribution in [3.05, 3.63) is 35.4 Å². The summed E-state index contributed by atoms with van der Waals surface area (Å²) in [5.74, 6) is 0. The van der Waals surface area contributed by atoms with Gasteiger partial charge in [0.15, 0.2) is 0 Å². The van der Waals surface area contributed by atoms with Gasteiger partial charge in [0, 0.05) is 0 Å². The Labute approximate surface area is 95.5 Å². The number of hydrogen-bond donors (Lipinski definition) is 2. The van der Waals surface area contributed by atoms with Crippen LogP contribution in [0.2, 0.25) is 0 Å². The lowest BCUT2D eigenvalue weighted by molar-refractivity contribution is 0.189. The largest absolute Gasteiger partial charge is 0.469 e. The smallest absolute Gasteiger partial charge is 0.303 e. The number of phosphoric acid groups is 1. The molecule has 0 spiro atoms. The van der Waals surface area contributed by atoms with Gasteiger partial charge in [-0.2, -0.15) is 0 Å². The van der Waals surface area contributed by atoms with Gasteiger partial charge in [-0.1, -0.05) is 45.0 Å². The number of phosphoric ester groups is 1. The third-order valence-corrected chi connectivity index (χ3v) is 2.66. The summed E-state index contributed by atoms with van der Waals surface area (Å²) in [6, 6.07) is 7.53. The third kappa shape index (κ3) is 4.45. The molecule has 0 saturated heterocycles. The summed E-state index contributed by atoms with van der Waals surface area (Å²) in [7, 11) is -4.39. The van der Waals surface area contributed by atoms with Crippen LogP contribution in [0.1, 0.15) is 31.9 Å². The Morgan fingerprint density at radius 1 is 1.31 bits per heavy atom. The van der Waals surface area contributed by atoms with Gasteiger partial charge in [0.05, 0.1) is 6.61 Å². The van der Waals surface area contributed by atoms with Crippen LogP contribution in [0.3, 0.4) is 0 Å². The van der Waals surface area contributed by atoms with Crippen LogP contribution < -0.4 is 0 Å². The van der Waals surface area contributed by atoms with Gasteiger partial charge in [0.2, 0.25) is 0 Å². The quantitative estimate of drug-likeness (QED) is 0.802. The van der Waals surface area contributed by atoms with E-state index in [0.717, 1.165) is 11.1 Å². The topological polar surface area (TPSA) is 66.8 Å². The maximum Gasteiger partial charge on any atom is 0.469 e. The highest BCUT2D eigenvalue weighted by Gasteiger charge is 2.16. The SMILES string of the molecule is CC(C)(C)c1cccc(COP(=O)(O)O)c1. The lowest BCUT2D eigenvalue weighted by atomic mass is 9.86. The van der Waals surface area contributed by atoms with Gasteiger partial charge in [-0.15, -0.1) is 0 Å². The van der Waals surface area contributed by atoms with Gasteiger partial charge in [-0.05, 0) is 16.5 Å². The molecule has 0 unspecified atom stereocenters. The average Bonchev–Trinajstić information content (AvgIpc) is 2.13. The predicted octanol–water partition coefficient (Wildman–Crippen LogP) is 2.59. The molecule has 0 atom stereocenters. The summed E-state index contributed by atoms with van der Waals surface area (Å²) >= 11 is 0. The van der Waals surface area contributed by atoms with E-state index in [0.29, 0.717) is 0 Å². The van der Waals surface area contributed by atoms with E-state index in [1.54, 1.807) is 6.07 Å². The molecule has 4 nitrogen and oxygen atoms in total. The maximum atomic E-state index is 10.6. The molecule has 0 aliphatic heterocycles. The summed E-state index contributed by atoms with van der Waals surface area (Å²) in [6.45, 7) is 6.16. The summed E-state index contributed by atoms with van der Waals surface area (Å²) in [5, 5.41) is 0. The molecule has 0 radical (unpaired) electrons. The van der Waals surface area contributed by atoms with Crippen LogP contribution in [0, 0.1) is 0 Å².